The molecule has 8 heteroatoms. The minimum Gasteiger partial charge on any atom is -0.360 e. The number of nitrogens with zero attached hydrogens (tertiary/aromatic N) is 4. The second-order valence-corrected chi connectivity index (χ2v) is 6.69. The van der Waals surface area contributed by atoms with Gasteiger partial charge >= 0.3 is 0 Å². The Balaban J connectivity index is 1.68. The number of carbonyl (C=O) groups is 1. The Morgan fingerprint density at radius 2 is 2.24 bits per heavy atom. The van der Waals surface area contributed by atoms with E-state index < -0.39 is 0 Å². The van der Waals surface area contributed by atoms with E-state index >= 15 is 0 Å². The number of aromatic nitrogens is 3. The van der Waals surface area contributed by atoms with Crippen LogP contribution in [0.15, 0.2) is 27.8 Å². The predicted octanol–water partition coefficient (Wildman–Crippen LogP) is 1.29. The van der Waals surface area contributed by atoms with Crippen molar-refractivity contribution >= 4 is 11.7 Å². The van der Waals surface area contributed by atoms with Crippen molar-refractivity contribution in [2.45, 2.75) is 38.6 Å². The Kier molecular flexibility index (Phi) is 4.87. The molecule has 8 nitrogen and oxygen atoms in total. The first-order chi connectivity index (χ1) is 12.0. The summed E-state index contributed by atoms with van der Waals surface area (Å²) in [6, 6.07) is 1.61. The van der Waals surface area contributed by atoms with Gasteiger partial charge in [-0.3, -0.25) is 9.59 Å². The summed E-state index contributed by atoms with van der Waals surface area (Å²) in [5, 5.41) is 6.82. The third-order valence-corrected chi connectivity index (χ3v) is 4.38. The number of amides is 1. The average molecular weight is 345 g/mol. The van der Waals surface area contributed by atoms with Crippen LogP contribution in [0.3, 0.4) is 0 Å². The van der Waals surface area contributed by atoms with E-state index in [0.29, 0.717) is 18.1 Å². The van der Waals surface area contributed by atoms with Crippen molar-refractivity contribution in [3.05, 3.63) is 40.3 Å². The van der Waals surface area contributed by atoms with Crippen LogP contribution in [0.4, 0.5) is 5.82 Å². The van der Waals surface area contributed by atoms with Gasteiger partial charge in [0.25, 0.3) is 11.5 Å². The van der Waals surface area contributed by atoms with E-state index in [1.54, 1.807) is 25.5 Å². The van der Waals surface area contributed by atoms with Gasteiger partial charge in [0.2, 0.25) is 0 Å². The van der Waals surface area contributed by atoms with E-state index in [2.05, 4.69) is 15.5 Å². The Hall–Kier alpha value is -2.64. The normalized spacial score (nSPS) is 17.8. The lowest BCUT2D eigenvalue weighted by Crippen LogP contribution is -2.49. The summed E-state index contributed by atoms with van der Waals surface area (Å²) in [5.41, 5.74) is 0.155. The van der Waals surface area contributed by atoms with Gasteiger partial charge in [-0.25, -0.2) is 4.98 Å². The molecule has 1 amide bonds. The lowest BCUT2D eigenvalue weighted by Gasteiger charge is -2.33. The molecular weight excluding hydrogens is 322 g/mol. The molecule has 1 atom stereocenters. The van der Waals surface area contributed by atoms with E-state index in [0.717, 1.165) is 19.4 Å². The quantitative estimate of drug-likeness (QED) is 0.897. The molecule has 0 bridgehead atoms. The average Bonchev–Trinajstić information content (AvgIpc) is 3.08. The fourth-order valence-corrected chi connectivity index (χ4v) is 2.92. The van der Waals surface area contributed by atoms with Crippen LogP contribution in [-0.2, 0) is 7.05 Å². The summed E-state index contributed by atoms with van der Waals surface area (Å²) in [5.74, 6) is 1.04. The number of anilines is 1. The summed E-state index contributed by atoms with van der Waals surface area (Å²) in [6.45, 7) is 5.26. The number of carbonyl (C=O) groups excluding carboxylic acids is 1. The molecule has 0 radical (unpaired) electrons. The maximum absolute atomic E-state index is 12.4. The number of nitrogens with one attached hydrogen (secondary N) is 1. The first-order valence-electron chi connectivity index (χ1n) is 8.49. The van der Waals surface area contributed by atoms with Crippen molar-refractivity contribution < 1.29 is 9.32 Å². The van der Waals surface area contributed by atoms with Gasteiger partial charge in [-0.1, -0.05) is 19.0 Å². The Bertz CT molecular complexity index is 811. The van der Waals surface area contributed by atoms with E-state index in [1.807, 2.05) is 18.7 Å². The second kappa shape index (κ2) is 7.08. The molecule has 0 saturated carbocycles. The molecule has 3 heterocycles. The molecular formula is C17H23N5O3. The Labute approximate surface area is 145 Å². The molecule has 2 aromatic heterocycles. The molecule has 0 unspecified atom stereocenters. The summed E-state index contributed by atoms with van der Waals surface area (Å²) >= 11 is 0. The zero-order valence-corrected chi connectivity index (χ0v) is 14.7. The van der Waals surface area contributed by atoms with Crippen molar-refractivity contribution in [3.8, 4) is 0 Å². The highest BCUT2D eigenvalue weighted by Crippen LogP contribution is 2.17. The highest BCUT2D eigenvalue weighted by Gasteiger charge is 2.25. The zero-order valence-electron chi connectivity index (χ0n) is 14.7. The molecule has 2 aromatic rings. The van der Waals surface area contributed by atoms with Crippen LogP contribution in [0.2, 0.25) is 0 Å². The number of rotatable bonds is 4. The fraction of sp³-hybridized carbons (Fsp3) is 0.529. The minimum absolute atomic E-state index is 0.0628. The summed E-state index contributed by atoms with van der Waals surface area (Å²) in [4.78, 5) is 30.8. The van der Waals surface area contributed by atoms with Crippen molar-refractivity contribution in [2.75, 3.05) is 18.0 Å². The molecule has 0 spiro atoms. The molecule has 1 fully saturated rings. The lowest BCUT2D eigenvalue weighted by molar-refractivity contribution is 0.0923. The molecule has 1 aliphatic rings. The number of hydrogen-bond donors (Lipinski definition) is 1. The highest BCUT2D eigenvalue weighted by molar-refractivity contribution is 5.92. The van der Waals surface area contributed by atoms with Gasteiger partial charge in [0.1, 0.15) is 5.76 Å². The van der Waals surface area contributed by atoms with Gasteiger partial charge in [0.15, 0.2) is 11.5 Å². The number of piperidine rings is 1. The fourth-order valence-electron chi connectivity index (χ4n) is 2.92. The van der Waals surface area contributed by atoms with E-state index in [1.165, 1.54) is 4.57 Å². The first kappa shape index (κ1) is 17.2. The topological polar surface area (TPSA) is 93.3 Å². The largest absolute Gasteiger partial charge is 0.360 e. The maximum Gasteiger partial charge on any atom is 0.293 e. The standard InChI is InChI=1S/C17H23N5O3/c1-11(2)14-9-13(20-25-14)16(23)19-12-5-4-7-22(10-12)15-17(24)21(3)8-6-18-15/h6,8-9,11-12H,4-5,7,10H2,1-3H3,(H,19,23)/t12-/m1/s1. The molecule has 0 aliphatic carbocycles. The predicted molar refractivity (Wildman–Crippen MR) is 92.8 cm³/mol. The molecule has 134 valence electrons. The molecule has 1 N–H and O–H groups in total. The summed E-state index contributed by atoms with van der Waals surface area (Å²) < 4.78 is 6.69. The van der Waals surface area contributed by atoms with E-state index in [9.17, 15) is 9.59 Å². The third-order valence-electron chi connectivity index (χ3n) is 4.38. The van der Waals surface area contributed by atoms with Gasteiger partial charge < -0.3 is 19.3 Å². The van der Waals surface area contributed by atoms with E-state index in [-0.39, 0.29) is 29.1 Å². The van der Waals surface area contributed by atoms with Gasteiger partial charge in [-0.05, 0) is 12.8 Å². The van der Waals surface area contributed by atoms with Crippen LogP contribution in [0.1, 0.15) is 48.9 Å². The van der Waals surface area contributed by atoms with Crippen LogP contribution in [0, 0.1) is 0 Å². The van der Waals surface area contributed by atoms with Crippen LogP contribution in [0.5, 0.6) is 0 Å². The first-order valence-corrected chi connectivity index (χ1v) is 8.49. The molecule has 1 aliphatic heterocycles. The van der Waals surface area contributed by atoms with Crippen LogP contribution in [0.25, 0.3) is 0 Å². The van der Waals surface area contributed by atoms with Crippen molar-refractivity contribution in [2.24, 2.45) is 7.05 Å². The molecule has 25 heavy (non-hydrogen) atoms. The van der Waals surface area contributed by atoms with Gasteiger partial charge in [0, 0.05) is 50.6 Å². The van der Waals surface area contributed by atoms with Crippen molar-refractivity contribution in [1.82, 2.24) is 20.0 Å². The Morgan fingerprint density at radius 1 is 1.44 bits per heavy atom. The highest BCUT2D eigenvalue weighted by atomic mass is 16.5. The van der Waals surface area contributed by atoms with Gasteiger partial charge in [0.05, 0.1) is 0 Å². The zero-order chi connectivity index (χ0) is 18.0. The maximum atomic E-state index is 12.4. The van der Waals surface area contributed by atoms with Crippen molar-refractivity contribution in [1.29, 1.82) is 0 Å². The molecule has 0 aromatic carbocycles. The monoisotopic (exact) mass is 345 g/mol. The lowest BCUT2D eigenvalue weighted by atomic mass is 10.1. The van der Waals surface area contributed by atoms with Gasteiger partial charge in [-0.15, -0.1) is 0 Å². The van der Waals surface area contributed by atoms with Crippen molar-refractivity contribution in [3.63, 3.8) is 0 Å². The van der Waals surface area contributed by atoms with Gasteiger partial charge in [-0.2, -0.15) is 0 Å². The number of aryl methyl sites for hydroxylation is 1. The smallest absolute Gasteiger partial charge is 0.293 e. The summed E-state index contributed by atoms with van der Waals surface area (Å²) in [7, 11) is 1.70. The van der Waals surface area contributed by atoms with Crippen LogP contribution < -0.4 is 15.8 Å². The minimum atomic E-state index is -0.253. The number of hydrogen-bond acceptors (Lipinski definition) is 6. The van der Waals surface area contributed by atoms with E-state index in [4.69, 9.17) is 4.52 Å². The summed E-state index contributed by atoms with van der Waals surface area (Å²) in [6.07, 6.45) is 4.97. The third kappa shape index (κ3) is 3.72. The van der Waals surface area contributed by atoms with Crippen LogP contribution >= 0.6 is 0 Å². The van der Waals surface area contributed by atoms with Crippen LogP contribution in [-0.4, -0.2) is 39.7 Å². The SMILES string of the molecule is CC(C)c1cc(C(=O)N[C@@H]2CCCN(c3nccn(C)c3=O)C2)no1. The Morgan fingerprint density at radius 3 is 2.96 bits per heavy atom. The molecule has 3 rings (SSSR count). The second-order valence-electron chi connectivity index (χ2n) is 6.69. The molecule has 1 saturated heterocycles.